The van der Waals surface area contributed by atoms with Crippen LogP contribution in [0.1, 0.15) is 36.4 Å². The van der Waals surface area contributed by atoms with E-state index in [1.54, 1.807) is 0 Å². The van der Waals surface area contributed by atoms with Gasteiger partial charge in [0.15, 0.2) is 0 Å². The molecule has 3 nitrogen and oxygen atoms in total. The molecule has 0 spiro atoms. The summed E-state index contributed by atoms with van der Waals surface area (Å²) in [5, 5.41) is 8.40. The van der Waals surface area contributed by atoms with Crippen molar-refractivity contribution in [3.05, 3.63) is 29.3 Å². The third-order valence-electron chi connectivity index (χ3n) is 2.94. The van der Waals surface area contributed by atoms with E-state index in [1.807, 2.05) is 6.07 Å². The van der Waals surface area contributed by atoms with E-state index in [0.29, 0.717) is 13.0 Å². The Morgan fingerprint density at radius 1 is 1.50 bits per heavy atom. The molecule has 0 unspecified atom stereocenters. The summed E-state index contributed by atoms with van der Waals surface area (Å²) in [6.07, 6.45) is 3.42. The van der Waals surface area contributed by atoms with Crippen LogP contribution < -0.4 is 10.5 Å². The molecule has 1 aliphatic carbocycles. The van der Waals surface area contributed by atoms with E-state index in [-0.39, 0.29) is 6.04 Å². The topological polar surface area (TPSA) is 59.0 Å². The first-order chi connectivity index (χ1) is 7.81. The minimum Gasteiger partial charge on any atom is -0.494 e. The van der Waals surface area contributed by atoms with Gasteiger partial charge in [-0.25, -0.2) is 0 Å². The molecule has 0 aromatic heterocycles. The van der Waals surface area contributed by atoms with E-state index in [9.17, 15) is 0 Å². The average Bonchev–Trinajstić information content (AvgIpc) is 2.66. The summed E-state index contributed by atoms with van der Waals surface area (Å²) >= 11 is 0. The molecule has 1 atom stereocenters. The molecule has 2 N–H and O–H groups in total. The summed E-state index contributed by atoms with van der Waals surface area (Å²) in [5.74, 6) is 0.894. The Bertz CT molecular complexity index is 409. The van der Waals surface area contributed by atoms with Gasteiger partial charge in [-0.1, -0.05) is 6.07 Å². The summed E-state index contributed by atoms with van der Waals surface area (Å²) in [6, 6.07) is 8.41. The van der Waals surface area contributed by atoms with Crippen molar-refractivity contribution in [2.24, 2.45) is 5.73 Å². The molecule has 1 aromatic rings. The fraction of sp³-hybridized carbons (Fsp3) is 0.462. The lowest BCUT2D eigenvalue weighted by atomic mass is 10.1. The van der Waals surface area contributed by atoms with Gasteiger partial charge in [0.25, 0.3) is 0 Å². The first-order valence-electron chi connectivity index (χ1n) is 5.69. The molecule has 3 heteroatoms. The van der Waals surface area contributed by atoms with Crippen molar-refractivity contribution >= 4 is 0 Å². The molecule has 16 heavy (non-hydrogen) atoms. The van der Waals surface area contributed by atoms with E-state index in [4.69, 9.17) is 15.7 Å². The number of nitriles is 1. The fourth-order valence-corrected chi connectivity index (χ4v) is 2.06. The predicted molar refractivity (Wildman–Crippen MR) is 62.0 cm³/mol. The summed E-state index contributed by atoms with van der Waals surface area (Å²) in [5.41, 5.74) is 8.52. The van der Waals surface area contributed by atoms with Crippen LogP contribution in [0.3, 0.4) is 0 Å². The highest BCUT2D eigenvalue weighted by atomic mass is 16.5. The minimum atomic E-state index is 0.197. The second-order valence-electron chi connectivity index (χ2n) is 4.12. The Balaban J connectivity index is 1.95. The number of hydrogen-bond donors (Lipinski definition) is 1. The van der Waals surface area contributed by atoms with Gasteiger partial charge < -0.3 is 10.5 Å². The van der Waals surface area contributed by atoms with Gasteiger partial charge in [0, 0.05) is 12.5 Å². The summed E-state index contributed by atoms with van der Waals surface area (Å²) in [7, 11) is 0. The van der Waals surface area contributed by atoms with Crippen molar-refractivity contribution < 1.29 is 4.74 Å². The first kappa shape index (κ1) is 11.0. The Kier molecular flexibility index (Phi) is 3.43. The van der Waals surface area contributed by atoms with Crippen LogP contribution in [-0.4, -0.2) is 6.61 Å². The van der Waals surface area contributed by atoms with Gasteiger partial charge in [-0.15, -0.1) is 0 Å². The van der Waals surface area contributed by atoms with Crippen LogP contribution in [0.4, 0.5) is 0 Å². The number of aryl methyl sites for hydroxylation is 1. The highest BCUT2D eigenvalue weighted by Gasteiger charge is 2.18. The number of benzene rings is 1. The Hall–Kier alpha value is -1.53. The van der Waals surface area contributed by atoms with Crippen LogP contribution in [0, 0.1) is 11.3 Å². The monoisotopic (exact) mass is 216 g/mol. The molecule has 0 aliphatic heterocycles. The lowest BCUT2D eigenvalue weighted by molar-refractivity contribution is 0.312. The number of ether oxygens (including phenoxy) is 1. The van der Waals surface area contributed by atoms with Crippen LogP contribution in [0.25, 0.3) is 0 Å². The number of nitrogens with zero attached hydrogens (tertiary/aromatic N) is 1. The Labute approximate surface area is 95.8 Å². The number of hydrogen-bond acceptors (Lipinski definition) is 3. The van der Waals surface area contributed by atoms with Crippen molar-refractivity contribution in [2.45, 2.75) is 31.7 Å². The molecule has 0 fully saturated rings. The molecule has 0 bridgehead atoms. The zero-order valence-electron chi connectivity index (χ0n) is 9.28. The molecule has 1 aromatic carbocycles. The second kappa shape index (κ2) is 5.00. The summed E-state index contributed by atoms with van der Waals surface area (Å²) in [6.45, 7) is 0.610. The Morgan fingerprint density at radius 3 is 3.19 bits per heavy atom. The van der Waals surface area contributed by atoms with Gasteiger partial charge in [0.1, 0.15) is 5.75 Å². The molecule has 0 saturated carbocycles. The summed E-state index contributed by atoms with van der Waals surface area (Å²) in [4.78, 5) is 0. The normalized spacial score (nSPS) is 17.9. The van der Waals surface area contributed by atoms with E-state index < -0.39 is 0 Å². The first-order valence-corrected chi connectivity index (χ1v) is 5.69. The van der Waals surface area contributed by atoms with Gasteiger partial charge in [0.05, 0.1) is 12.7 Å². The number of unbranched alkanes of at least 4 members (excludes halogenated alkanes) is 1. The van der Waals surface area contributed by atoms with Gasteiger partial charge in [-0.3, -0.25) is 0 Å². The average molecular weight is 216 g/mol. The molecule has 84 valence electrons. The molecule has 0 saturated heterocycles. The lowest BCUT2D eigenvalue weighted by Crippen LogP contribution is -2.05. The van der Waals surface area contributed by atoms with Gasteiger partial charge in [-0.2, -0.15) is 5.26 Å². The maximum atomic E-state index is 8.40. The van der Waals surface area contributed by atoms with Crippen molar-refractivity contribution in [1.29, 1.82) is 5.26 Å². The van der Waals surface area contributed by atoms with Crippen molar-refractivity contribution in [1.82, 2.24) is 0 Å². The van der Waals surface area contributed by atoms with Crippen LogP contribution >= 0.6 is 0 Å². The zero-order chi connectivity index (χ0) is 11.4. The predicted octanol–water partition coefficient (Wildman–Crippen LogP) is 2.32. The van der Waals surface area contributed by atoms with Crippen molar-refractivity contribution in [3.63, 3.8) is 0 Å². The molecule has 0 heterocycles. The van der Waals surface area contributed by atoms with Crippen LogP contribution in [0.2, 0.25) is 0 Å². The molecule has 1 aliphatic rings. The third-order valence-corrected chi connectivity index (χ3v) is 2.94. The lowest BCUT2D eigenvalue weighted by Gasteiger charge is -2.08. The van der Waals surface area contributed by atoms with Crippen LogP contribution in [0.5, 0.6) is 5.75 Å². The van der Waals surface area contributed by atoms with Crippen LogP contribution in [-0.2, 0) is 6.42 Å². The highest BCUT2D eigenvalue weighted by molar-refractivity contribution is 5.40. The highest BCUT2D eigenvalue weighted by Crippen LogP contribution is 2.31. The third kappa shape index (κ3) is 2.34. The van der Waals surface area contributed by atoms with E-state index >= 15 is 0 Å². The number of fused-ring (bicyclic) bond motifs is 1. The zero-order valence-corrected chi connectivity index (χ0v) is 9.28. The van der Waals surface area contributed by atoms with E-state index in [1.165, 1.54) is 11.1 Å². The molecule has 0 radical (unpaired) electrons. The summed E-state index contributed by atoms with van der Waals surface area (Å²) < 4.78 is 5.58. The van der Waals surface area contributed by atoms with Gasteiger partial charge in [0.2, 0.25) is 0 Å². The number of nitrogens with two attached hydrogens (primary N) is 1. The molecule has 0 amide bonds. The minimum absolute atomic E-state index is 0.197. The van der Waals surface area contributed by atoms with E-state index in [0.717, 1.165) is 25.0 Å². The molecule has 2 rings (SSSR count). The SMILES string of the molecule is N#CCCCOc1ccc2c(c1)CC[C@@H]2N. The smallest absolute Gasteiger partial charge is 0.119 e. The van der Waals surface area contributed by atoms with Crippen molar-refractivity contribution in [2.75, 3.05) is 6.61 Å². The van der Waals surface area contributed by atoms with Gasteiger partial charge >= 0.3 is 0 Å². The molecular formula is C13H16N2O. The fourth-order valence-electron chi connectivity index (χ4n) is 2.06. The van der Waals surface area contributed by atoms with Crippen LogP contribution in [0.15, 0.2) is 18.2 Å². The largest absolute Gasteiger partial charge is 0.494 e. The standard InChI is InChI=1S/C13H16N2O/c14-7-1-2-8-16-11-4-5-12-10(9-11)3-6-13(12)15/h4-5,9,13H,1-3,6,8,15H2/t13-/m0/s1. The Morgan fingerprint density at radius 2 is 2.38 bits per heavy atom. The quantitative estimate of drug-likeness (QED) is 0.786. The maximum absolute atomic E-state index is 8.40. The van der Waals surface area contributed by atoms with Gasteiger partial charge in [-0.05, 0) is 42.5 Å². The van der Waals surface area contributed by atoms with E-state index in [2.05, 4.69) is 18.2 Å². The number of rotatable bonds is 4. The van der Waals surface area contributed by atoms with Crippen molar-refractivity contribution in [3.8, 4) is 11.8 Å². The second-order valence-corrected chi connectivity index (χ2v) is 4.12. The molecular weight excluding hydrogens is 200 g/mol. The maximum Gasteiger partial charge on any atom is 0.119 e.